The second-order valence-corrected chi connectivity index (χ2v) is 5.48. The maximum atomic E-state index is 10.2. The Morgan fingerprint density at radius 1 is 1.17 bits per heavy atom. The number of ether oxygens (including phenoxy) is 1. The van der Waals surface area contributed by atoms with E-state index in [1.165, 1.54) is 12.8 Å². The number of rotatable bonds is 2. The predicted molar refractivity (Wildman–Crippen MR) is 68.3 cm³/mol. The molecule has 1 N–H and O–H groups in total. The third-order valence-electron chi connectivity index (χ3n) is 4.24. The van der Waals surface area contributed by atoms with Crippen LogP contribution in [0.1, 0.15) is 62.8 Å². The summed E-state index contributed by atoms with van der Waals surface area (Å²) in [6, 6.07) is 2.05. The average Bonchev–Trinajstić information content (AvgIpc) is 2.89. The summed E-state index contributed by atoms with van der Waals surface area (Å²) >= 11 is 0. The quantitative estimate of drug-likeness (QED) is 0.877. The molecule has 0 amide bonds. The molecule has 1 saturated carbocycles. The lowest BCUT2D eigenvalue weighted by Crippen LogP contribution is -2.28. The number of nitrogens with zero attached hydrogens (tertiary/aromatic N) is 2. The molecular formula is C14H22N2O2. The lowest BCUT2D eigenvalue weighted by molar-refractivity contribution is -0.0434. The van der Waals surface area contributed by atoms with Crippen LogP contribution in [-0.4, -0.2) is 27.6 Å². The summed E-state index contributed by atoms with van der Waals surface area (Å²) in [6.07, 6.45) is 9.45. The normalized spacial score (nSPS) is 33.5. The summed E-state index contributed by atoms with van der Waals surface area (Å²) in [5.74, 6) is 0.242. The first-order valence-corrected chi connectivity index (χ1v) is 7.19. The average molecular weight is 250 g/mol. The molecule has 0 spiro atoms. The van der Waals surface area contributed by atoms with Crippen molar-refractivity contribution >= 4 is 0 Å². The number of aromatic nitrogens is 2. The smallest absolute Gasteiger partial charge is 0.150 e. The van der Waals surface area contributed by atoms with Gasteiger partial charge in [0.05, 0.1) is 6.10 Å². The molecule has 1 aliphatic heterocycles. The third kappa shape index (κ3) is 2.31. The van der Waals surface area contributed by atoms with Crippen LogP contribution in [0.5, 0.6) is 0 Å². The van der Waals surface area contributed by atoms with Crippen molar-refractivity contribution < 1.29 is 9.84 Å². The molecule has 100 valence electrons. The van der Waals surface area contributed by atoms with Gasteiger partial charge in [-0.2, -0.15) is 5.10 Å². The summed E-state index contributed by atoms with van der Waals surface area (Å²) in [7, 11) is 0. The van der Waals surface area contributed by atoms with Gasteiger partial charge in [-0.1, -0.05) is 12.8 Å². The Morgan fingerprint density at radius 3 is 2.78 bits per heavy atom. The van der Waals surface area contributed by atoms with Crippen molar-refractivity contribution in [2.75, 3.05) is 6.61 Å². The van der Waals surface area contributed by atoms with Gasteiger partial charge < -0.3 is 9.84 Å². The maximum absolute atomic E-state index is 10.2. The number of hydrogen-bond donors (Lipinski definition) is 1. The fourth-order valence-corrected chi connectivity index (χ4v) is 3.23. The molecule has 1 aromatic rings. The highest BCUT2D eigenvalue weighted by Crippen LogP contribution is 2.35. The molecule has 0 aromatic carbocycles. The molecule has 0 bridgehead atoms. The molecular weight excluding hydrogens is 228 g/mol. The minimum atomic E-state index is -0.210. The number of aliphatic hydroxyl groups excluding tert-OH is 1. The first-order chi connectivity index (χ1) is 8.86. The van der Waals surface area contributed by atoms with Crippen LogP contribution in [0.25, 0.3) is 0 Å². The topological polar surface area (TPSA) is 47.3 Å². The highest BCUT2D eigenvalue weighted by atomic mass is 16.5. The molecule has 1 unspecified atom stereocenters. The Kier molecular flexibility index (Phi) is 3.66. The zero-order valence-electron chi connectivity index (χ0n) is 10.8. The largest absolute Gasteiger partial charge is 0.392 e. The standard InChI is InChI=1S/C14H22N2O2/c17-13-6-2-1-5-11(13)12-8-9-15-16(12)14-7-3-4-10-18-14/h8-9,11,13-14,17H,1-7,10H2/t11-,13+,14?/m1/s1. The van der Waals surface area contributed by atoms with Gasteiger partial charge in [0.2, 0.25) is 0 Å². The second kappa shape index (κ2) is 5.41. The summed E-state index contributed by atoms with van der Waals surface area (Å²) in [4.78, 5) is 0. The molecule has 0 radical (unpaired) electrons. The lowest BCUT2D eigenvalue weighted by atomic mass is 9.84. The molecule has 18 heavy (non-hydrogen) atoms. The van der Waals surface area contributed by atoms with Crippen LogP contribution in [0, 0.1) is 0 Å². The zero-order valence-corrected chi connectivity index (χ0v) is 10.8. The van der Waals surface area contributed by atoms with Gasteiger partial charge in [-0.3, -0.25) is 0 Å². The van der Waals surface area contributed by atoms with Crippen molar-refractivity contribution in [3.05, 3.63) is 18.0 Å². The van der Waals surface area contributed by atoms with Gasteiger partial charge in [0.1, 0.15) is 6.23 Å². The Balaban J connectivity index is 1.81. The highest BCUT2D eigenvalue weighted by molar-refractivity contribution is 5.11. The van der Waals surface area contributed by atoms with Gasteiger partial charge in [-0.25, -0.2) is 4.68 Å². The van der Waals surface area contributed by atoms with Crippen molar-refractivity contribution in [3.63, 3.8) is 0 Å². The van der Waals surface area contributed by atoms with Crippen molar-refractivity contribution in [2.45, 2.75) is 63.2 Å². The first-order valence-electron chi connectivity index (χ1n) is 7.19. The van der Waals surface area contributed by atoms with Crippen LogP contribution in [-0.2, 0) is 4.74 Å². The van der Waals surface area contributed by atoms with Gasteiger partial charge in [-0.05, 0) is 38.2 Å². The van der Waals surface area contributed by atoms with Crippen molar-refractivity contribution in [2.24, 2.45) is 0 Å². The number of hydrogen-bond acceptors (Lipinski definition) is 3. The molecule has 2 fully saturated rings. The molecule has 2 aliphatic rings. The van der Waals surface area contributed by atoms with E-state index in [2.05, 4.69) is 11.2 Å². The van der Waals surface area contributed by atoms with Gasteiger partial charge >= 0.3 is 0 Å². The van der Waals surface area contributed by atoms with Crippen LogP contribution in [0.15, 0.2) is 12.3 Å². The van der Waals surface area contributed by atoms with Crippen molar-refractivity contribution in [3.8, 4) is 0 Å². The highest BCUT2D eigenvalue weighted by Gasteiger charge is 2.29. The van der Waals surface area contributed by atoms with E-state index in [1.54, 1.807) is 0 Å². The van der Waals surface area contributed by atoms with E-state index < -0.39 is 0 Å². The van der Waals surface area contributed by atoms with Crippen LogP contribution >= 0.6 is 0 Å². The second-order valence-electron chi connectivity index (χ2n) is 5.48. The van der Waals surface area contributed by atoms with Crippen molar-refractivity contribution in [1.29, 1.82) is 0 Å². The summed E-state index contributed by atoms with van der Waals surface area (Å²) in [6.45, 7) is 0.831. The summed E-state index contributed by atoms with van der Waals surface area (Å²) in [5.41, 5.74) is 1.16. The van der Waals surface area contributed by atoms with Crippen LogP contribution in [0.2, 0.25) is 0 Å². The Morgan fingerprint density at radius 2 is 2.00 bits per heavy atom. The maximum Gasteiger partial charge on any atom is 0.150 e. The SMILES string of the molecule is O[C@H]1CCCC[C@@H]1c1ccnn1C1CCCCO1. The molecule has 4 heteroatoms. The fourth-order valence-electron chi connectivity index (χ4n) is 3.23. The van der Waals surface area contributed by atoms with Gasteiger partial charge in [0, 0.05) is 24.4 Å². The summed E-state index contributed by atoms with van der Waals surface area (Å²) in [5, 5.41) is 14.6. The van der Waals surface area contributed by atoms with E-state index in [9.17, 15) is 5.11 Å². The lowest BCUT2D eigenvalue weighted by Gasteiger charge is -2.31. The van der Waals surface area contributed by atoms with E-state index in [0.29, 0.717) is 0 Å². The monoisotopic (exact) mass is 250 g/mol. The molecule has 4 nitrogen and oxygen atoms in total. The first kappa shape index (κ1) is 12.2. The van der Waals surface area contributed by atoms with Gasteiger partial charge in [0.25, 0.3) is 0 Å². The van der Waals surface area contributed by atoms with Gasteiger partial charge in [-0.15, -0.1) is 0 Å². The minimum Gasteiger partial charge on any atom is -0.392 e. The van der Waals surface area contributed by atoms with Crippen LogP contribution < -0.4 is 0 Å². The van der Waals surface area contributed by atoms with E-state index in [0.717, 1.165) is 44.4 Å². The van der Waals surface area contributed by atoms with E-state index in [-0.39, 0.29) is 18.2 Å². The molecule has 1 aromatic heterocycles. The van der Waals surface area contributed by atoms with E-state index in [1.807, 2.05) is 10.9 Å². The third-order valence-corrected chi connectivity index (χ3v) is 4.24. The van der Waals surface area contributed by atoms with Gasteiger partial charge in [0.15, 0.2) is 0 Å². The summed E-state index contributed by atoms with van der Waals surface area (Å²) < 4.78 is 7.82. The Bertz CT molecular complexity index is 385. The van der Waals surface area contributed by atoms with Crippen molar-refractivity contribution in [1.82, 2.24) is 9.78 Å². The fraction of sp³-hybridized carbons (Fsp3) is 0.786. The van der Waals surface area contributed by atoms with Crippen LogP contribution in [0.4, 0.5) is 0 Å². The number of aliphatic hydroxyl groups is 1. The molecule has 1 saturated heterocycles. The predicted octanol–water partition coefficient (Wildman–Crippen LogP) is 2.60. The molecule has 2 heterocycles. The van der Waals surface area contributed by atoms with Crippen LogP contribution in [0.3, 0.4) is 0 Å². The van der Waals surface area contributed by atoms with E-state index >= 15 is 0 Å². The minimum absolute atomic E-state index is 0.0814. The molecule has 3 rings (SSSR count). The van der Waals surface area contributed by atoms with E-state index in [4.69, 9.17) is 4.74 Å². The molecule has 3 atom stereocenters. The Labute approximate surface area is 108 Å². The zero-order chi connectivity index (χ0) is 12.4. The Hall–Kier alpha value is -0.870. The molecule has 1 aliphatic carbocycles.